The maximum absolute atomic E-state index is 12.9. The maximum atomic E-state index is 12.9. The summed E-state index contributed by atoms with van der Waals surface area (Å²) in [6, 6.07) is 2.28. The number of rotatable bonds is 4. The summed E-state index contributed by atoms with van der Waals surface area (Å²) in [5.41, 5.74) is 0.459. The van der Waals surface area contributed by atoms with Crippen LogP contribution in [0.3, 0.4) is 0 Å². The first-order valence-corrected chi connectivity index (χ1v) is 11.1. The molecule has 144 valence electrons. The van der Waals surface area contributed by atoms with Crippen LogP contribution in [0.15, 0.2) is 17.2 Å². The average Bonchev–Trinajstić information content (AvgIpc) is 3.44. The lowest BCUT2D eigenvalue weighted by Crippen LogP contribution is -2.49. The van der Waals surface area contributed by atoms with E-state index >= 15 is 0 Å². The Hall–Kier alpha value is -1.38. The Balaban J connectivity index is 1.48. The Labute approximate surface area is 155 Å². The molecule has 1 amide bonds. The molecule has 3 heterocycles. The standard InChI is InChI=1S/C18H28N4O3S/c1-19-14-16(26(24,25)22-7-3-2-4-8-22)13-17(19)18(23)21-11-9-20(10-12-21)15-5-6-15/h13-15H,2-12H2,1H3. The molecule has 1 aliphatic carbocycles. The van der Waals surface area contributed by atoms with Crippen molar-refractivity contribution in [1.29, 1.82) is 0 Å². The van der Waals surface area contributed by atoms with Crippen molar-refractivity contribution in [3.8, 4) is 0 Å². The van der Waals surface area contributed by atoms with Gasteiger partial charge in [0.2, 0.25) is 10.0 Å². The molecule has 1 aromatic heterocycles. The summed E-state index contributed by atoms with van der Waals surface area (Å²) >= 11 is 0. The van der Waals surface area contributed by atoms with Gasteiger partial charge in [0.1, 0.15) is 10.6 Å². The van der Waals surface area contributed by atoms with Crippen LogP contribution in [0.1, 0.15) is 42.6 Å². The Kier molecular flexibility index (Phi) is 4.83. The van der Waals surface area contributed by atoms with Crippen LogP contribution in [-0.2, 0) is 17.1 Å². The van der Waals surface area contributed by atoms with Crippen LogP contribution >= 0.6 is 0 Å². The molecule has 2 aliphatic heterocycles. The summed E-state index contributed by atoms with van der Waals surface area (Å²) < 4.78 is 28.9. The van der Waals surface area contributed by atoms with Gasteiger partial charge in [0.15, 0.2) is 0 Å². The number of piperazine rings is 1. The summed E-state index contributed by atoms with van der Waals surface area (Å²) in [5.74, 6) is -0.0666. The average molecular weight is 381 g/mol. The van der Waals surface area contributed by atoms with E-state index in [2.05, 4.69) is 4.90 Å². The molecule has 0 radical (unpaired) electrons. The van der Waals surface area contributed by atoms with Gasteiger partial charge in [-0.1, -0.05) is 6.42 Å². The van der Waals surface area contributed by atoms with E-state index in [0.717, 1.165) is 38.4 Å². The quantitative estimate of drug-likeness (QED) is 0.785. The predicted octanol–water partition coefficient (Wildman–Crippen LogP) is 1.12. The normalized spacial score (nSPS) is 23.3. The van der Waals surface area contributed by atoms with E-state index in [1.54, 1.807) is 28.2 Å². The summed E-state index contributed by atoms with van der Waals surface area (Å²) in [6.45, 7) is 4.41. The summed E-state index contributed by atoms with van der Waals surface area (Å²) in [7, 11) is -1.75. The fourth-order valence-electron chi connectivity index (χ4n) is 4.03. The Morgan fingerprint density at radius 1 is 1.00 bits per heavy atom. The third-order valence-electron chi connectivity index (χ3n) is 5.82. The molecule has 0 N–H and O–H groups in total. The van der Waals surface area contributed by atoms with Crippen LogP contribution in [0.4, 0.5) is 0 Å². The van der Waals surface area contributed by atoms with Gasteiger partial charge in [-0.2, -0.15) is 4.31 Å². The lowest BCUT2D eigenvalue weighted by molar-refractivity contribution is 0.0618. The first-order chi connectivity index (χ1) is 12.5. The Morgan fingerprint density at radius 2 is 1.65 bits per heavy atom. The molecule has 0 atom stereocenters. The second-order valence-electron chi connectivity index (χ2n) is 7.70. The number of hydrogen-bond donors (Lipinski definition) is 0. The lowest BCUT2D eigenvalue weighted by Gasteiger charge is -2.34. The Bertz CT molecular complexity index is 770. The highest BCUT2D eigenvalue weighted by atomic mass is 32.2. The first kappa shape index (κ1) is 18.0. The summed E-state index contributed by atoms with van der Waals surface area (Å²) in [5, 5.41) is 0. The Morgan fingerprint density at radius 3 is 2.27 bits per heavy atom. The summed E-state index contributed by atoms with van der Waals surface area (Å²) in [6.07, 6.45) is 7.04. The van der Waals surface area contributed by atoms with E-state index in [4.69, 9.17) is 0 Å². The van der Waals surface area contributed by atoms with E-state index in [0.29, 0.717) is 31.9 Å². The van der Waals surface area contributed by atoms with Gasteiger partial charge >= 0.3 is 0 Å². The molecule has 8 heteroatoms. The van der Waals surface area contributed by atoms with Crippen molar-refractivity contribution in [3.05, 3.63) is 18.0 Å². The zero-order valence-corrected chi connectivity index (χ0v) is 16.2. The zero-order valence-electron chi connectivity index (χ0n) is 15.4. The number of amides is 1. The van der Waals surface area contributed by atoms with Crippen LogP contribution in [0.25, 0.3) is 0 Å². The van der Waals surface area contributed by atoms with Gasteiger partial charge in [0.05, 0.1) is 0 Å². The van der Waals surface area contributed by atoms with Crippen molar-refractivity contribution in [2.45, 2.75) is 43.0 Å². The number of aromatic nitrogens is 1. The number of nitrogens with zero attached hydrogens (tertiary/aromatic N) is 4. The number of aryl methyl sites for hydroxylation is 1. The van der Waals surface area contributed by atoms with E-state index < -0.39 is 10.0 Å². The smallest absolute Gasteiger partial charge is 0.270 e. The van der Waals surface area contributed by atoms with Crippen molar-refractivity contribution >= 4 is 15.9 Å². The number of piperidine rings is 1. The fraction of sp³-hybridized carbons (Fsp3) is 0.722. The molecule has 3 fully saturated rings. The molecule has 2 saturated heterocycles. The van der Waals surface area contributed by atoms with Gasteiger partial charge in [-0.15, -0.1) is 0 Å². The molecule has 7 nitrogen and oxygen atoms in total. The highest BCUT2D eigenvalue weighted by molar-refractivity contribution is 7.89. The fourth-order valence-corrected chi connectivity index (χ4v) is 5.62. The molecule has 0 aromatic carbocycles. The van der Waals surface area contributed by atoms with Gasteiger partial charge in [0.25, 0.3) is 5.91 Å². The number of sulfonamides is 1. The molecule has 1 saturated carbocycles. The molecule has 0 bridgehead atoms. The molecule has 3 aliphatic rings. The van der Waals surface area contributed by atoms with Crippen molar-refractivity contribution < 1.29 is 13.2 Å². The van der Waals surface area contributed by atoms with Crippen molar-refractivity contribution in [3.63, 3.8) is 0 Å². The SMILES string of the molecule is Cn1cc(S(=O)(=O)N2CCCCC2)cc1C(=O)N1CCN(C2CC2)CC1. The molecule has 26 heavy (non-hydrogen) atoms. The van der Waals surface area contributed by atoms with E-state index in [9.17, 15) is 13.2 Å². The largest absolute Gasteiger partial charge is 0.345 e. The molecule has 4 rings (SSSR count). The van der Waals surface area contributed by atoms with E-state index in [1.807, 2.05) is 4.90 Å². The minimum Gasteiger partial charge on any atom is -0.345 e. The van der Waals surface area contributed by atoms with Gasteiger partial charge in [-0.05, 0) is 31.7 Å². The highest BCUT2D eigenvalue weighted by Gasteiger charge is 2.34. The van der Waals surface area contributed by atoms with Gasteiger partial charge in [-0.3, -0.25) is 9.69 Å². The topological polar surface area (TPSA) is 65.9 Å². The first-order valence-electron chi connectivity index (χ1n) is 9.66. The highest BCUT2D eigenvalue weighted by Crippen LogP contribution is 2.28. The predicted molar refractivity (Wildman–Crippen MR) is 98.5 cm³/mol. The van der Waals surface area contributed by atoms with Gasteiger partial charge in [-0.25, -0.2) is 8.42 Å². The molecular weight excluding hydrogens is 352 g/mol. The number of carbonyl (C=O) groups excluding carboxylic acids is 1. The number of carbonyl (C=O) groups is 1. The van der Waals surface area contributed by atoms with Crippen LogP contribution in [-0.4, -0.2) is 78.3 Å². The third kappa shape index (κ3) is 3.42. The second kappa shape index (κ2) is 6.98. The maximum Gasteiger partial charge on any atom is 0.270 e. The van der Waals surface area contributed by atoms with E-state index in [-0.39, 0.29) is 10.8 Å². The van der Waals surface area contributed by atoms with Gasteiger partial charge in [0, 0.05) is 58.6 Å². The van der Waals surface area contributed by atoms with Gasteiger partial charge < -0.3 is 9.47 Å². The molecular formula is C18H28N4O3S. The van der Waals surface area contributed by atoms with E-state index in [1.165, 1.54) is 12.8 Å². The minimum atomic E-state index is -3.51. The zero-order chi connectivity index (χ0) is 18.3. The van der Waals surface area contributed by atoms with Crippen LogP contribution in [0, 0.1) is 0 Å². The summed E-state index contributed by atoms with van der Waals surface area (Å²) in [4.78, 5) is 17.5. The molecule has 0 spiro atoms. The monoisotopic (exact) mass is 380 g/mol. The molecule has 0 unspecified atom stereocenters. The second-order valence-corrected chi connectivity index (χ2v) is 9.63. The number of hydrogen-bond acceptors (Lipinski definition) is 4. The third-order valence-corrected chi connectivity index (χ3v) is 7.68. The van der Waals surface area contributed by atoms with Crippen LogP contribution < -0.4 is 0 Å². The molecule has 1 aromatic rings. The van der Waals surface area contributed by atoms with Crippen LogP contribution in [0.5, 0.6) is 0 Å². The van der Waals surface area contributed by atoms with Crippen LogP contribution in [0.2, 0.25) is 0 Å². The lowest BCUT2D eigenvalue weighted by atomic mass is 10.2. The van der Waals surface area contributed by atoms with Crippen molar-refractivity contribution in [2.24, 2.45) is 7.05 Å². The van der Waals surface area contributed by atoms with Crippen molar-refractivity contribution in [2.75, 3.05) is 39.3 Å². The minimum absolute atomic E-state index is 0.0666. The van der Waals surface area contributed by atoms with Crippen molar-refractivity contribution in [1.82, 2.24) is 18.7 Å².